The van der Waals surface area contributed by atoms with Crippen molar-refractivity contribution in [3.8, 4) is 0 Å². The Morgan fingerprint density at radius 2 is 2.00 bits per heavy atom. The molecule has 0 radical (unpaired) electrons. The van der Waals surface area contributed by atoms with Gasteiger partial charge in [0.1, 0.15) is 5.82 Å². The van der Waals surface area contributed by atoms with Gasteiger partial charge >= 0.3 is 0 Å². The van der Waals surface area contributed by atoms with Crippen molar-refractivity contribution in [1.82, 2.24) is 20.0 Å². The van der Waals surface area contributed by atoms with Crippen LogP contribution in [0, 0.1) is 0 Å². The summed E-state index contributed by atoms with van der Waals surface area (Å²) in [6, 6.07) is 6.02. The van der Waals surface area contributed by atoms with Crippen LogP contribution in [0.3, 0.4) is 0 Å². The fourth-order valence-electron chi connectivity index (χ4n) is 3.17. The Kier molecular flexibility index (Phi) is 3.74. The lowest BCUT2D eigenvalue weighted by Gasteiger charge is -2.35. The van der Waals surface area contributed by atoms with Gasteiger partial charge in [-0.15, -0.1) is 0 Å². The summed E-state index contributed by atoms with van der Waals surface area (Å²) in [4.78, 5) is 13.6. The van der Waals surface area contributed by atoms with Gasteiger partial charge in [0.25, 0.3) is 0 Å². The summed E-state index contributed by atoms with van der Waals surface area (Å²) in [6.45, 7) is 4.53. The average molecular weight is 314 g/mol. The van der Waals surface area contributed by atoms with Crippen molar-refractivity contribution in [3.63, 3.8) is 0 Å². The SMILES string of the molecule is NC1(c2noc(CN3CCN(c4ccccn4)CC3)n2)CCC1. The van der Waals surface area contributed by atoms with Crippen LogP contribution in [0.4, 0.5) is 5.82 Å². The van der Waals surface area contributed by atoms with E-state index in [4.69, 9.17) is 10.3 Å². The Morgan fingerprint density at radius 3 is 2.65 bits per heavy atom. The lowest BCUT2D eigenvalue weighted by Crippen LogP contribution is -2.46. The predicted octanol–water partition coefficient (Wildman–Crippen LogP) is 1.12. The molecule has 0 unspecified atom stereocenters. The zero-order valence-corrected chi connectivity index (χ0v) is 13.2. The Hall–Kier alpha value is -1.99. The van der Waals surface area contributed by atoms with E-state index in [9.17, 15) is 0 Å². The first kappa shape index (κ1) is 14.6. The molecule has 0 spiro atoms. The lowest BCUT2D eigenvalue weighted by molar-refractivity contribution is 0.211. The van der Waals surface area contributed by atoms with E-state index in [0.29, 0.717) is 18.3 Å². The lowest BCUT2D eigenvalue weighted by atomic mass is 9.77. The highest BCUT2D eigenvalue weighted by atomic mass is 16.5. The second kappa shape index (κ2) is 5.90. The topological polar surface area (TPSA) is 84.3 Å². The summed E-state index contributed by atoms with van der Waals surface area (Å²) in [7, 11) is 0. The quantitative estimate of drug-likeness (QED) is 0.905. The van der Waals surface area contributed by atoms with Gasteiger partial charge in [-0.1, -0.05) is 11.2 Å². The van der Waals surface area contributed by atoms with Gasteiger partial charge in [-0.3, -0.25) is 4.90 Å². The number of hydrogen-bond acceptors (Lipinski definition) is 7. The van der Waals surface area contributed by atoms with Gasteiger partial charge in [0, 0.05) is 32.4 Å². The van der Waals surface area contributed by atoms with E-state index in [1.807, 2.05) is 18.3 Å². The molecule has 4 rings (SSSR count). The minimum atomic E-state index is -0.348. The van der Waals surface area contributed by atoms with Gasteiger partial charge in [-0.05, 0) is 31.4 Å². The number of nitrogens with zero attached hydrogens (tertiary/aromatic N) is 5. The number of aromatic nitrogens is 3. The van der Waals surface area contributed by atoms with E-state index in [0.717, 1.165) is 51.3 Å². The molecule has 3 heterocycles. The molecule has 0 aromatic carbocycles. The molecule has 23 heavy (non-hydrogen) atoms. The summed E-state index contributed by atoms with van der Waals surface area (Å²) in [5.74, 6) is 2.39. The molecule has 1 aliphatic carbocycles. The summed E-state index contributed by atoms with van der Waals surface area (Å²) < 4.78 is 5.39. The third-order valence-electron chi connectivity index (χ3n) is 4.86. The highest BCUT2D eigenvalue weighted by Crippen LogP contribution is 2.36. The monoisotopic (exact) mass is 314 g/mol. The summed E-state index contributed by atoms with van der Waals surface area (Å²) in [5, 5.41) is 4.08. The van der Waals surface area contributed by atoms with Gasteiger partial charge in [-0.2, -0.15) is 4.98 Å². The van der Waals surface area contributed by atoms with E-state index < -0.39 is 0 Å². The molecule has 0 amide bonds. The minimum absolute atomic E-state index is 0.348. The zero-order valence-electron chi connectivity index (χ0n) is 13.2. The molecular weight excluding hydrogens is 292 g/mol. The van der Waals surface area contributed by atoms with Crippen molar-refractivity contribution >= 4 is 5.82 Å². The smallest absolute Gasteiger partial charge is 0.240 e. The van der Waals surface area contributed by atoms with Gasteiger partial charge < -0.3 is 15.2 Å². The largest absolute Gasteiger partial charge is 0.354 e. The number of rotatable bonds is 4. The van der Waals surface area contributed by atoms with Gasteiger partial charge in [-0.25, -0.2) is 4.98 Å². The maximum Gasteiger partial charge on any atom is 0.240 e. The molecule has 2 N–H and O–H groups in total. The Balaban J connectivity index is 1.33. The number of nitrogens with two attached hydrogens (primary N) is 1. The number of anilines is 1. The Morgan fingerprint density at radius 1 is 1.17 bits per heavy atom. The number of pyridine rings is 1. The first-order valence-corrected chi connectivity index (χ1v) is 8.23. The normalized spacial score (nSPS) is 21.2. The van der Waals surface area contributed by atoms with Crippen LogP contribution in [0.2, 0.25) is 0 Å². The predicted molar refractivity (Wildman–Crippen MR) is 85.7 cm³/mol. The first-order valence-electron chi connectivity index (χ1n) is 8.23. The molecule has 7 heteroatoms. The van der Waals surface area contributed by atoms with E-state index >= 15 is 0 Å². The molecule has 1 saturated carbocycles. The summed E-state index contributed by atoms with van der Waals surface area (Å²) in [5.41, 5.74) is 5.89. The molecule has 0 bridgehead atoms. The van der Waals surface area contributed by atoms with Crippen LogP contribution in [-0.2, 0) is 12.1 Å². The second-order valence-electron chi connectivity index (χ2n) is 6.47. The third-order valence-corrected chi connectivity index (χ3v) is 4.86. The van der Waals surface area contributed by atoms with Crippen LogP contribution >= 0.6 is 0 Å². The fraction of sp³-hybridized carbons (Fsp3) is 0.562. The highest BCUT2D eigenvalue weighted by Gasteiger charge is 2.39. The van der Waals surface area contributed by atoms with Gasteiger partial charge in [0.15, 0.2) is 5.82 Å². The van der Waals surface area contributed by atoms with E-state index in [1.54, 1.807) is 0 Å². The van der Waals surface area contributed by atoms with E-state index in [1.165, 1.54) is 0 Å². The summed E-state index contributed by atoms with van der Waals surface area (Å²) in [6.07, 6.45) is 4.89. The van der Waals surface area contributed by atoms with Crippen molar-refractivity contribution in [2.24, 2.45) is 5.73 Å². The first-order chi connectivity index (χ1) is 11.2. The van der Waals surface area contributed by atoms with Crippen LogP contribution in [0.25, 0.3) is 0 Å². The van der Waals surface area contributed by atoms with Crippen molar-refractivity contribution in [2.75, 3.05) is 31.1 Å². The molecule has 122 valence electrons. The molecule has 1 saturated heterocycles. The molecule has 2 aromatic heterocycles. The molecule has 7 nitrogen and oxygen atoms in total. The van der Waals surface area contributed by atoms with Crippen molar-refractivity contribution in [3.05, 3.63) is 36.1 Å². The maximum absolute atomic E-state index is 6.24. The zero-order chi connectivity index (χ0) is 15.7. The average Bonchev–Trinajstić information content (AvgIpc) is 3.03. The standard InChI is InChI=1S/C16H22N6O/c17-16(5-3-6-16)15-19-14(23-20-15)12-21-8-10-22(11-9-21)13-4-1-2-7-18-13/h1-2,4,7H,3,5-6,8-12,17H2. The van der Waals surface area contributed by atoms with Crippen LogP contribution in [0.15, 0.2) is 28.9 Å². The third kappa shape index (κ3) is 2.94. The van der Waals surface area contributed by atoms with Gasteiger partial charge in [0.05, 0.1) is 12.1 Å². The molecular formula is C16H22N6O. The van der Waals surface area contributed by atoms with Crippen molar-refractivity contribution in [1.29, 1.82) is 0 Å². The molecule has 2 fully saturated rings. The second-order valence-corrected chi connectivity index (χ2v) is 6.47. The Bertz CT molecular complexity index is 646. The van der Waals surface area contributed by atoms with Crippen LogP contribution in [0.5, 0.6) is 0 Å². The number of piperazine rings is 1. The van der Waals surface area contributed by atoms with Gasteiger partial charge in [0.2, 0.25) is 5.89 Å². The maximum atomic E-state index is 6.24. The van der Waals surface area contributed by atoms with E-state index in [-0.39, 0.29) is 5.54 Å². The van der Waals surface area contributed by atoms with E-state index in [2.05, 4.69) is 31.0 Å². The Labute approximate surface area is 135 Å². The minimum Gasteiger partial charge on any atom is -0.354 e. The van der Waals surface area contributed by atoms with Crippen LogP contribution < -0.4 is 10.6 Å². The van der Waals surface area contributed by atoms with Crippen LogP contribution in [-0.4, -0.2) is 46.2 Å². The molecule has 0 atom stereocenters. The summed E-state index contributed by atoms with van der Waals surface area (Å²) >= 11 is 0. The van der Waals surface area contributed by atoms with Crippen molar-refractivity contribution < 1.29 is 4.52 Å². The molecule has 2 aromatic rings. The molecule has 2 aliphatic rings. The molecule has 1 aliphatic heterocycles. The van der Waals surface area contributed by atoms with Crippen LogP contribution in [0.1, 0.15) is 31.0 Å². The highest BCUT2D eigenvalue weighted by molar-refractivity contribution is 5.38. The fourth-order valence-corrected chi connectivity index (χ4v) is 3.17. The number of hydrogen-bond donors (Lipinski definition) is 1. The van der Waals surface area contributed by atoms with Crippen molar-refractivity contribution in [2.45, 2.75) is 31.3 Å².